The normalized spacial score (nSPS) is 15.4. The fourth-order valence-corrected chi connectivity index (χ4v) is 3.13. The summed E-state index contributed by atoms with van der Waals surface area (Å²) >= 11 is 0. The van der Waals surface area contributed by atoms with Gasteiger partial charge in [-0.15, -0.1) is 5.06 Å². The lowest BCUT2D eigenvalue weighted by atomic mass is 10.3. The van der Waals surface area contributed by atoms with Gasteiger partial charge in [-0.1, -0.05) is 0 Å². The fraction of sp³-hybridized carbons (Fsp3) is 0.708. The highest BCUT2D eigenvalue weighted by molar-refractivity contribution is 6.12. The lowest BCUT2D eigenvalue weighted by Crippen LogP contribution is -2.33. The van der Waals surface area contributed by atoms with Crippen LogP contribution < -0.4 is 0 Å². The van der Waals surface area contributed by atoms with E-state index in [0.717, 1.165) is 4.90 Å². The molecule has 4 amide bonds. The summed E-state index contributed by atoms with van der Waals surface area (Å²) in [6.07, 6.45) is 3.06. The number of hydrogen-bond acceptors (Lipinski definition) is 12. The summed E-state index contributed by atoms with van der Waals surface area (Å²) in [5.41, 5.74) is 0. The number of imide groups is 2. The molecule has 214 valence electrons. The van der Waals surface area contributed by atoms with Gasteiger partial charge in [0.15, 0.2) is 0 Å². The van der Waals surface area contributed by atoms with Crippen molar-refractivity contribution in [3.8, 4) is 0 Å². The van der Waals surface area contributed by atoms with E-state index in [4.69, 9.17) is 33.3 Å². The van der Waals surface area contributed by atoms with Crippen LogP contribution in [0.3, 0.4) is 0 Å². The quantitative estimate of drug-likeness (QED) is 0.119. The second-order valence-corrected chi connectivity index (χ2v) is 7.98. The number of ether oxygens (including phenoxy) is 6. The molecule has 0 atom stereocenters. The van der Waals surface area contributed by atoms with Crippen LogP contribution in [0.4, 0.5) is 0 Å². The summed E-state index contributed by atoms with van der Waals surface area (Å²) in [4.78, 5) is 63.0. The highest BCUT2D eigenvalue weighted by Gasteiger charge is 2.32. The molecule has 0 aromatic carbocycles. The van der Waals surface area contributed by atoms with Crippen molar-refractivity contribution in [3.63, 3.8) is 0 Å². The highest BCUT2D eigenvalue weighted by atomic mass is 16.7. The molecule has 0 aliphatic carbocycles. The zero-order chi connectivity index (χ0) is 27.4. The van der Waals surface area contributed by atoms with E-state index in [9.17, 15) is 24.0 Å². The zero-order valence-corrected chi connectivity index (χ0v) is 21.5. The van der Waals surface area contributed by atoms with Crippen LogP contribution in [-0.2, 0) is 57.2 Å². The largest absolute Gasteiger partial charge is 0.379 e. The zero-order valence-electron chi connectivity index (χ0n) is 21.5. The van der Waals surface area contributed by atoms with Gasteiger partial charge in [0.25, 0.3) is 23.6 Å². The molecule has 14 heteroatoms. The molecule has 0 saturated carbocycles. The first-order chi connectivity index (χ1) is 18.5. The Morgan fingerprint density at radius 1 is 0.605 bits per heavy atom. The van der Waals surface area contributed by atoms with Crippen LogP contribution in [0.15, 0.2) is 12.2 Å². The van der Waals surface area contributed by atoms with E-state index in [1.165, 1.54) is 12.2 Å². The van der Waals surface area contributed by atoms with Crippen LogP contribution in [0.5, 0.6) is 0 Å². The highest BCUT2D eigenvalue weighted by Crippen LogP contribution is 2.12. The van der Waals surface area contributed by atoms with Crippen LogP contribution in [-0.4, -0.2) is 125 Å². The van der Waals surface area contributed by atoms with E-state index in [-0.39, 0.29) is 44.2 Å². The Balaban J connectivity index is 1.22. The van der Waals surface area contributed by atoms with Gasteiger partial charge in [-0.05, 0) is 6.42 Å². The Morgan fingerprint density at radius 3 is 1.45 bits per heavy atom. The van der Waals surface area contributed by atoms with Gasteiger partial charge in [-0.2, -0.15) is 0 Å². The summed E-state index contributed by atoms with van der Waals surface area (Å²) in [5, 5.41) is 0.535. The minimum atomic E-state index is -0.644. The average Bonchev–Trinajstić information content (AvgIpc) is 3.39. The van der Waals surface area contributed by atoms with E-state index in [1.54, 1.807) is 0 Å². The Labute approximate surface area is 221 Å². The van der Waals surface area contributed by atoms with E-state index in [1.807, 2.05) is 0 Å². The van der Waals surface area contributed by atoms with Gasteiger partial charge in [0.05, 0.1) is 85.6 Å². The minimum Gasteiger partial charge on any atom is -0.379 e. The van der Waals surface area contributed by atoms with E-state index in [0.29, 0.717) is 84.2 Å². The molecule has 0 aromatic rings. The number of hydrogen-bond donors (Lipinski definition) is 0. The van der Waals surface area contributed by atoms with Crippen LogP contribution in [0.2, 0.25) is 0 Å². The van der Waals surface area contributed by atoms with Crippen molar-refractivity contribution in [3.05, 3.63) is 12.2 Å². The number of carbonyl (C=O) groups excluding carboxylic acids is 5. The average molecular weight is 545 g/mol. The molecule has 0 N–H and O–H groups in total. The van der Waals surface area contributed by atoms with E-state index < -0.39 is 17.8 Å². The minimum absolute atomic E-state index is 0.0414. The molecule has 0 aromatic heterocycles. The van der Waals surface area contributed by atoms with Gasteiger partial charge in [-0.3, -0.25) is 24.1 Å². The predicted octanol–water partition coefficient (Wildman–Crippen LogP) is -0.602. The van der Waals surface area contributed by atoms with Crippen molar-refractivity contribution in [2.24, 2.45) is 0 Å². The van der Waals surface area contributed by atoms with Gasteiger partial charge in [0, 0.05) is 31.6 Å². The maximum Gasteiger partial charge on any atom is 0.333 e. The molecule has 2 aliphatic rings. The van der Waals surface area contributed by atoms with Crippen LogP contribution >= 0.6 is 0 Å². The maximum atomic E-state index is 11.6. The van der Waals surface area contributed by atoms with Crippen LogP contribution in [0.1, 0.15) is 25.7 Å². The lowest BCUT2D eigenvalue weighted by Gasteiger charge is -2.13. The lowest BCUT2D eigenvalue weighted by molar-refractivity contribution is -0.197. The third-order valence-corrected chi connectivity index (χ3v) is 5.09. The number of hydroxylamine groups is 2. The first-order valence-electron chi connectivity index (χ1n) is 12.6. The first kappa shape index (κ1) is 31.5. The molecule has 14 nitrogen and oxygen atoms in total. The van der Waals surface area contributed by atoms with Crippen molar-refractivity contribution in [1.29, 1.82) is 0 Å². The molecule has 2 aliphatic heterocycles. The second kappa shape index (κ2) is 19.3. The van der Waals surface area contributed by atoms with Gasteiger partial charge >= 0.3 is 5.97 Å². The van der Waals surface area contributed by atoms with Crippen molar-refractivity contribution in [2.75, 3.05) is 85.8 Å². The number of carbonyl (C=O) groups is 5. The molecule has 0 radical (unpaired) electrons. The third-order valence-electron chi connectivity index (χ3n) is 5.09. The molecule has 2 rings (SSSR count). The molecule has 38 heavy (non-hydrogen) atoms. The van der Waals surface area contributed by atoms with Gasteiger partial charge in [0.2, 0.25) is 0 Å². The van der Waals surface area contributed by atoms with Crippen molar-refractivity contribution >= 4 is 29.6 Å². The third kappa shape index (κ3) is 13.2. The Hall–Kier alpha value is -2.75. The van der Waals surface area contributed by atoms with Gasteiger partial charge < -0.3 is 33.3 Å². The second-order valence-electron chi connectivity index (χ2n) is 7.98. The number of rotatable bonds is 23. The smallest absolute Gasteiger partial charge is 0.333 e. The van der Waals surface area contributed by atoms with Gasteiger partial charge in [-0.25, -0.2) is 4.79 Å². The van der Waals surface area contributed by atoms with Crippen LogP contribution in [0, 0.1) is 0 Å². The SMILES string of the molecule is O=C(CCCOCCOCCOCCOCCOCCOCCN1C(=O)C=CC1=O)ON1C(=O)CCC1=O. The first-order valence-corrected chi connectivity index (χ1v) is 12.6. The van der Waals surface area contributed by atoms with E-state index >= 15 is 0 Å². The summed E-state index contributed by atoms with van der Waals surface area (Å²) in [7, 11) is 0. The summed E-state index contributed by atoms with van der Waals surface area (Å²) in [5.74, 6) is -2.28. The molecule has 2 heterocycles. The van der Waals surface area contributed by atoms with Gasteiger partial charge in [0.1, 0.15) is 0 Å². The molecule has 0 bridgehead atoms. The Morgan fingerprint density at radius 2 is 1.00 bits per heavy atom. The van der Waals surface area contributed by atoms with Crippen molar-refractivity contribution in [1.82, 2.24) is 9.96 Å². The predicted molar refractivity (Wildman–Crippen MR) is 127 cm³/mol. The molecule has 1 saturated heterocycles. The summed E-state index contributed by atoms with van der Waals surface area (Å²) in [6.45, 7) is 4.82. The molecular formula is C24H36N2O12. The molecule has 0 spiro atoms. The maximum absolute atomic E-state index is 11.6. The standard InChI is InChI=1S/C24H36N2O12/c27-20-3-4-21(28)25(20)7-9-33-11-13-35-15-17-37-19-18-36-16-14-34-12-10-32-8-1-2-24(31)38-26-22(29)5-6-23(26)30/h3-4H,1-2,5-19H2. The Kier molecular flexibility index (Phi) is 16.0. The summed E-state index contributed by atoms with van der Waals surface area (Å²) < 4.78 is 32.2. The van der Waals surface area contributed by atoms with Crippen LogP contribution in [0.25, 0.3) is 0 Å². The number of amides is 4. The van der Waals surface area contributed by atoms with Crippen molar-refractivity contribution < 1.29 is 57.2 Å². The molecule has 0 unspecified atom stereocenters. The topological polar surface area (TPSA) is 156 Å². The Bertz CT molecular complexity index is 769. The monoisotopic (exact) mass is 544 g/mol. The van der Waals surface area contributed by atoms with E-state index in [2.05, 4.69) is 0 Å². The van der Waals surface area contributed by atoms with Crippen molar-refractivity contribution in [2.45, 2.75) is 25.7 Å². The molecule has 1 fully saturated rings. The summed E-state index contributed by atoms with van der Waals surface area (Å²) in [6, 6.07) is 0. The fourth-order valence-electron chi connectivity index (χ4n) is 3.13. The molecular weight excluding hydrogens is 508 g/mol. The number of nitrogens with zero attached hydrogens (tertiary/aromatic N) is 2.